The van der Waals surface area contributed by atoms with Crippen LogP contribution in [0.3, 0.4) is 0 Å². The highest BCUT2D eigenvalue weighted by molar-refractivity contribution is 5.84. The number of ketones is 1. The van der Waals surface area contributed by atoms with E-state index in [2.05, 4.69) is 67.3 Å². The van der Waals surface area contributed by atoms with Crippen molar-refractivity contribution in [1.29, 1.82) is 0 Å². The van der Waals surface area contributed by atoms with E-state index in [1.807, 2.05) is 0 Å². The zero-order chi connectivity index (χ0) is 18.8. The number of Topliss-reactive ketones (excluding diaryl/α,β-unsaturated/α-hetero) is 1. The van der Waals surface area contributed by atoms with Crippen molar-refractivity contribution in [1.82, 2.24) is 4.90 Å². The Morgan fingerprint density at radius 3 is 2.37 bits per heavy atom. The number of rotatable bonds is 5. The molecule has 2 saturated heterocycles. The Kier molecular flexibility index (Phi) is 5.45. The highest BCUT2D eigenvalue weighted by Crippen LogP contribution is 2.38. The van der Waals surface area contributed by atoms with Crippen LogP contribution in [0.4, 0.5) is 0 Å². The Hall–Kier alpha value is -1.93. The van der Waals surface area contributed by atoms with Crippen LogP contribution < -0.4 is 0 Å². The van der Waals surface area contributed by atoms with Crippen LogP contribution in [0, 0.1) is 19.8 Å². The highest BCUT2D eigenvalue weighted by Gasteiger charge is 2.40. The van der Waals surface area contributed by atoms with Crippen LogP contribution in [0.25, 0.3) is 0 Å². The third-order valence-corrected chi connectivity index (χ3v) is 6.87. The largest absolute Gasteiger partial charge is 0.299 e. The second-order valence-electron chi connectivity index (χ2n) is 8.57. The van der Waals surface area contributed by atoms with Gasteiger partial charge >= 0.3 is 0 Å². The van der Waals surface area contributed by atoms with Crippen molar-refractivity contribution < 1.29 is 4.79 Å². The van der Waals surface area contributed by atoms with E-state index >= 15 is 0 Å². The third-order valence-electron chi connectivity index (χ3n) is 6.87. The molecule has 2 aromatic carbocycles. The third kappa shape index (κ3) is 4.01. The molecule has 2 aliphatic heterocycles. The van der Waals surface area contributed by atoms with E-state index in [9.17, 15) is 4.79 Å². The molecule has 2 bridgehead atoms. The Morgan fingerprint density at radius 2 is 1.67 bits per heavy atom. The fourth-order valence-electron chi connectivity index (χ4n) is 5.13. The molecule has 2 aromatic rings. The number of hydrogen-bond donors (Lipinski definition) is 0. The minimum atomic E-state index is 0.243. The van der Waals surface area contributed by atoms with Gasteiger partial charge < -0.3 is 0 Å². The van der Waals surface area contributed by atoms with E-state index in [1.54, 1.807) is 0 Å². The molecular weight excluding hydrogens is 330 g/mol. The fourth-order valence-corrected chi connectivity index (χ4v) is 5.13. The Morgan fingerprint density at radius 1 is 0.963 bits per heavy atom. The summed E-state index contributed by atoms with van der Waals surface area (Å²) in [6, 6.07) is 18.3. The molecule has 0 saturated carbocycles. The maximum Gasteiger partial charge on any atom is 0.140 e. The molecule has 2 nitrogen and oxygen atoms in total. The normalized spacial score (nSPS) is 25.3. The van der Waals surface area contributed by atoms with Crippen molar-refractivity contribution in [3.05, 3.63) is 70.8 Å². The van der Waals surface area contributed by atoms with E-state index < -0.39 is 0 Å². The summed E-state index contributed by atoms with van der Waals surface area (Å²) in [5.41, 5.74) is 5.19. The molecule has 2 aliphatic rings. The summed E-state index contributed by atoms with van der Waals surface area (Å²) in [6.07, 6.45) is 6.52. The first-order chi connectivity index (χ1) is 13.1. The Labute approximate surface area is 163 Å². The molecule has 2 unspecified atom stereocenters. The molecule has 0 radical (unpaired) electrons. The zero-order valence-corrected chi connectivity index (χ0v) is 16.7. The summed E-state index contributed by atoms with van der Waals surface area (Å²) in [5.74, 6) is 0.701. The maximum atomic E-state index is 13.1. The van der Waals surface area contributed by atoms with Gasteiger partial charge in [-0.15, -0.1) is 0 Å². The summed E-state index contributed by atoms with van der Waals surface area (Å²) in [6.45, 7) is 5.32. The maximum absolute atomic E-state index is 13.1. The van der Waals surface area contributed by atoms with Crippen LogP contribution in [0.2, 0.25) is 0 Å². The monoisotopic (exact) mass is 361 g/mol. The molecule has 0 aliphatic carbocycles. The van der Waals surface area contributed by atoms with Crippen molar-refractivity contribution in [3.63, 3.8) is 0 Å². The number of hydrogen-bond acceptors (Lipinski definition) is 2. The first-order valence-electron chi connectivity index (χ1n) is 10.5. The predicted octanol–water partition coefficient (Wildman–Crippen LogP) is 5.25. The van der Waals surface area contributed by atoms with Crippen molar-refractivity contribution in [2.45, 2.75) is 71.0 Å². The van der Waals surface area contributed by atoms with E-state index in [1.165, 1.54) is 41.5 Å². The Bertz CT molecular complexity index is 783. The quantitative estimate of drug-likeness (QED) is 0.725. The van der Waals surface area contributed by atoms with Crippen LogP contribution in [-0.2, 0) is 17.8 Å². The van der Waals surface area contributed by atoms with Gasteiger partial charge in [-0.2, -0.15) is 0 Å². The van der Waals surface area contributed by atoms with Crippen LogP contribution in [0.5, 0.6) is 0 Å². The van der Waals surface area contributed by atoms with Crippen molar-refractivity contribution >= 4 is 5.78 Å². The predicted molar refractivity (Wildman–Crippen MR) is 111 cm³/mol. The molecule has 2 atom stereocenters. The van der Waals surface area contributed by atoms with E-state index in [-0.39, 0.29) is 5.92 Å². The molecule has 2 heteroatoms. The second kappa shape index (κ2) is 7.98. The number of carbonyl (C=O) groups excluding carboxylic acids is 1. The molecule has 2 fully saturated rings. The second-order valence-corrected chi connectivity index (χ2v) is 8.57. The van der Waals surface area contributed by atoms with Gasteiger partial charge in [0.25, 0.3) is 0 Å². The van der Waals surface area contributed by atoms with Crippen molar-refractivity contribution in [2.75, 3.05) is 0 Å². The lowest BCUT2D eigenvalue weighted by Gasteiger charge is -2.48. The molecule has 0 amide bonds. The number of piperidine rings is 2. The summed E-state index contributed by atoms with van der Waals surface area (Å²) < 4.78 is 0. The minimum absolute atomic E-state index is 0.243. The molecule has 0 spiro atoms. The lowest BCUT2D eigenvalue weighted by Crippen LogP contribution is -2.52. The smallest absolute Gasteiger partial charge is 0.140 e. The molecule has 4 rings (SSSR count). The first-order valence-corrected chi connectivity index (χ1v) is 10.5. The van der Waals surface area contributed by atoms with Gasteiger partial charge in [-0.3, -0.25) is 9.69 Å². The molecular formula is C25H31NO. The van der Waals surface area contributed by atoms with Crippen LogP contribution in [0.1, 0.15) is 54.4 Å². The topological polar surface area (TPSA) is 20.3 Å². The van der Waals surface area contributed by atoms with E-state index in [0.717, 1.165) is 19.4 Å². The van der Waals surface area contributed by atoms with Gasteiger partial charge in [0.05, 0.1) is 0 Å². The molecule has 27 heavy (non-hydrogen) atoms. The van der Waals surface area contributed by atoms with E-state index in [0.29, 0.717) is 24.3 Å². The van der Waals surface area contributed by atoms with Gasteiger partial charge in [0, 0.05) is 31.0 Å². The van der Waals surface area contributed by atoms with Gasteiger partial charge in [0.1, 0.15) is 5.78 Å². The summed E-state index contributed by atoms with van der Waals surface area (Å²) >= 11 is 0. The highest BCUT2D eigenvalue weighted by atomic mass is 16.1. The van der Waals surface area contributed by atoms with Gasteiger partial charge in [-0.25, -0.2) is 0 Å². The van der Waals surface area contributed by atoms with Gasteiger partial charge in [0.2, 0.25) is 0 Å². The molecule has 0 N–H and O–H groups in total. The van der Waals surface area contributed by atoms with Crippen molar-refractivity contribution in [2.24, 2.45) is 5.92 Å². The minimum Gasteiger partial charge on any atom is -0.299 e. The summed E-state index contributed by atoms with van der Waals surface area (Å²) in [7, 11) is 0. The fraction of sp³-hybridized carbons (Fsp3) is 0.480. The zero-order valence-electron chi connectivity index (χ0n) is 16.7. The van der Waals surface area contributed by atoms with E-state index in [4.69, 9.17) is 0 Å². The molecule has 0 aromatic heterocycles. The molecule has 142 valence electrons. The van der Waals surface area contributed by atoms with Crippen molar-refractivity contribution in [3.8, 4) is 0 Å². The number of nitrogens with zero attached hydrogens (tertiary/aromatic N) is 1. The van der Waals surface area contributed by atoms with Crippen LogP contribution in [0.15, 0.2) is 48.5 Å². The van der Waals surface area contributed by atoms with Crippen LogP contribution in [-0.4, -0.2) is 22.8 Å². The number of aryl methyl sites for hydroxylation is 1. The lowest BCUT2D eigenvalue weighted by molar-refractivity contribution is -0.126. The SMILES string of the molecule is Cc1cccc(CC(=O)C2CC3CCCC(C2)N3Cc2ccccc2)c1C. The standard InChI is InChI=1S/C25H31NO/c1-18-8-6-11-21(19(18)2)16-25(27)22-14-23-12-7-13-24(15-22)26(23)17-20-9-4-3-5-10-20/h3-6,8-11,22-24H,7,12-17H2,1-2H3. The Balaban J connectivity index is 1.45. The average Bonchev–Trinajstić information content (AvgIpc) is 2.66. The number of benzene rings is 2. The average molecular weight is 362 g/mol. The number of fused-ring (bicyclic) bond motifs is 2. The van der Waals surface area contributed by atoms with Gasteiger partial charge in [-0.05, 0) is 61.8 Å². The van der Waals surface area contributed by atoms with Gasteiger partial charge in [0.15, 0.2) is 0 Å². The lowest BCUT2D eigenvalue weighted by atomic mass is 9.75. The first kappa shape index (κ1) is 18.4. The molecule has 2 heterocycles. The number of carbonyl (C=O) groups is 1. The van der Waals surface area contributed by atoms with Crippen LogP contribution >= 0.6 is 0 Å². The van der Waals surface area contributed by atoms with Gasteiger partial charge in [-0.1, -0.05) is 55.0 Å². The summed E-state index contributed by atoms with van der Waals surface area (Å²) in [5, 5.41) is 0. The summed E-state index contributed by atoms with van der Waals surface area (Å²) in [4.78, 5) is 15.8.